The van der Waals surface area contributed by atoms with Gasteiger partial charge in [-0.1, -0.05) is 19.1 Å². The van der Waals surface area contributed by atoms with E-state index in [1.807, 2.05) is 13.8 Å². The van der Waals surface area contributed by atoms with E-state index >= 15 is 0 Å². The molecule has 1 aromatic carbocycles. The lowest BCUT2D eigenvalue weighted by Crippen LogP contribution is -2.47. The van der Waals surface area contributed by atoms with Gasteiger partial charge in [0.2, 0.25) is 0 Å². The first kappa shape index (κ1) is 13.0. The van der Waals surface area contributed by atoms with Crippen LogP contribution in [0.4, 0.5) is 5.69 Å². The Labute approximate surface area is 106 Å². The van der Waals surface area contributed by atoms with E-state index in [2.05, 4.69) is 5.32 Å². The summed E-state index contributed by atoms with van der Waals surface area (Å²) in [7, 11) is 0. The minimum Gasteiger partial charge on any atom is -0.393 e. The molecule has 5 nitrogen and oxygen atoms in total. The van der Waals surface area contributed by atoms with Gasteiger partial charge in [0.05, 0.1) is 11.0 Å². The molecule has 1 fully saturated rings. The normalized spacial score (nSPS) is 32.2. The molecule has 0 bridgehead atoms. The van der Waals surface area contributed by atoms with Crippen LogP contribution in [0.1, 0.15) is 31.9 Å². The van der Waals surface area contributed by atoms with E-state index in [1.165, 1.54) is 12.1 Å². The highest BCUT2D eigenvalue weighted by atomic mass is 16.6. The zero-order chi connectivity index (χ0) is 13.3. The van der Waals surface area contributed by atoms with E-state index in [0.29, 0.717) is 6.42 Å². The molecule has 0 saturated carbocycles. The van der Waals surface area contributed by atoms with Crippen molar-refractivity contribution in [2.75, 3.05) is 0 Å². The second-order valence-electron chi connectivity index (χ2n) is 5.02. The summed E-state index contributed by atoms with van der Waals surface area (Å²) in [5.41, 5.74) is 1.08. The van der Waals surface area contributed by atoms with Crippen molar-refractivity contribution in [2.45, 2.75) is 38.5 Å². The molecular formula is C13H18N2O3. The standard InChI is InChI=1S/C13H18N2O3/c1-8-9(2)14-12(7-13(8)16)10-3-5-11(6-4-10)15(17)18/h3-6,8-9,12-14,16H,7H2,1-2H3/t8-,9-,12-,13-/m0/s1. The Bertz CT molecular complexity index is 420. The van der Waals surface area contributed by atoms with Crippen molar-refractivity contribution in [3.05, 3.63) is 39.9 Å². The van der Waals surface area contributed by atoms with Gasteiger partial charge in [0.1, 0.15) is 0 Å². The van der Waals surface area contributed by atoms with E-state index in [4.69, 9.17) is 0 Å². The van der Waals surface area contributed by atoms with Crippen molar-refractivity contribution in [3.63, 3.8) is 0 Å². The predicted octanol–water partition coefficient (Wildman–Crippen LogP) is 2.01. The minimum atomic E-state index is -0.405. The van der Waals surface area contributed by atoms with Gasteiger partial charge in [-0.05, 0) is 24.8 Å². The number of rotatable bonds is 2. The molecule has 1 aromatic rings. The Kier molecular flexibility index (Phi) is 3.63. The van der Waals surface area contributed by atoms with Crippen molar-refractivity contribution in [2.24, 2.45) is 5.92 Å². The number of hydrogen-bond donors (Lipinski definition) is 2. The third-order valence-corrected chi connectivity index (χ3v) is 3.84. The molecule has 1 saturated heterocycles. The SMILES string of the molecule is C[C@H]1[C@H](C)N[C@H](c2ccc([N+](=O)[O-])cc2)C[C@@H]1O. The van der Waals surface area contributed by atoms with Crippen molar-refractivity contribution in [3.8, 4) is 0 Å². The van der Waals surface area contributed by atoms with E-state index in [0.717, 1.165) is 5.56 Å². The van der Waals surface area contributed by atoms with Gasteiger partial charge in [0, 0.05) is 24.2 Å². The van der Waals surface area contributed by atoms with Crippen LogP contribution >= 0.6 is 0 Å². The number of hydrogen-bond acceptors (Lipinski definition) is 4. The lowest BCUT2D eigenvalue weighted by atomic mass is 9.84. The second-order valence-corrected chi connectivity index (χ2v) is 5.02. The minimum absolute atomic E-state index is 0.0620. The monoisotopic (exact) mass is 250 g/mol. The zero-order valence-corrected chi connectivity index (χ0v) is 10.5. The summed E-state index contributed by atoms with van der Waals surface area (Å²) in [6.07, 6.45) is 0.310. The molecule has 0 radical (unpaired) electrons. The average Bonchev–Trinajstić information content (AvgIpc) is 2.35. The summed E-state index contributed by atoms with van der Waals surface area (Å²) in [6.45, 7) is 4.07. The summed E-state index contributed by atoms with van der Waals surface area (Å²) in [4.78, 5) is 10.2. The van der Waals surface area contributed by atoms with Crippen molar-refractivity contribution in [1.29, 1.82) is 0 Å². The van der Waals surface area contributed by atoms with E-state index in [9.17, 15) is 15.2 Å². The molecule has 98 valence electrons. The number of aliphatic hydroxyl groups excluding tert-OH is 1. The summed E-state index contributed by atoms with van der Waals surface area (Å²) >= 11 is 0. The van der Waals surface area contributed by atoms with Crippen molar-refractivity contribution < 1.29 is 10.0 Å². The first-order valence-corrected chi connectivity index (χ1v) is 6.17. The highest BCUT2D eigenvalue weighted by molar-refractivity contribution is 5.34. The van der Waals surface area contributed by atoms with Crippen LogP contribution in [0.3, 0.4) is 0 Å². The number of nitrogens with zero attached hydrogens (tertiary/aromatic N) is 1. The third kappa shape index (κ3) is 2.52. The first-order chi connectivity index (χ1) is 8.49. The maximum atomic E-state index is 10.6. The van der Waals surface area contributed by atoms with Gasteiger partial charge in [-0.25, -0.2) is 0 Å². The molecular weight excluding hydrogens is 232 g/mol. The lowest BCUT2D eigenvalue weighted by molar-refractivity contribution is -0.384. The Morgan fingerprint density at radius 2 is 1.94 bits per heavy atom. The predicted molar refractivity (Wildman–Crippen MR) is 68.2 cm³/mol. The fraction of sp³-hybridized carbons (Fsp3) is 0.538. The summed E-state index contributed by atoms with van der Waals surface area (Å²) in [5.74, 6) is 0.222. The maximum absolute atomic E-state index is 10.6. The Morgan fingerprint density at radius 3 is 2.44 bits per heavy atom. The molecule has 2 N–H and O–H groups in total. The average molecular weight is 250 g/mol. The van der Waals surface area contributed by atoms with Crippen LogP contribution in [0.5, 0.6) is 0 Å². The fourth-order valence-corrected chi connectivity index (χ4v) is 2.39. The smallest absolute Gasteiger partial charge is 0.269 e. The van der Waals surface area contributed by atoms with Crippen LogP contribution in [0.15, 0.2) is 24.3 Å². The molecule has 18 heavy (non-hydrogen) atoms. The number of benzene rings is 1. The molecule has 0 aliphatic carbocycles. The molecule has 0 spiro atoms. The molecule has 0 amide bonds. The number of piperidine rings is 1. The molecule has 2 rings (SSSR count). The van der Waals surface area contributed by atoms with Gasteiger partial charge in [-0.15, -0.1) is 0 Å². The van der Waals surface area contributed by atoms with Crippen LogP contribution in [0, 0.1) is 16.0 Å². The van der Waals surface area contributed by atoms with Crippen LogP contribution in [-0.2, 0) is 0 Å². The zero-order valence-electron chi connectivity index (χ0n) is 10.5. The number of aliphatic hydroxyl groups is 1. The van der Waals surface area contributed by atoms with Crippen molar-refractivity contribution in [1.82, 2.24) is 5.32 Å². The number of nitrogens with one attached hydrogen (secondary N) is 1. The van der Waals surface area contributed by atoms with Gasteiger partial charge in [-0.3, -0.25) is 10.1 Å². The van der Waals surface area contributed by atoms with Gasteiger partial charge >= 0.3 is 0 Å². The van der Waals surface area contributed by atoms with Crippen LogP contribution in [-0.4, -0.2) is 22.2 Å². The summed E-state index contributed by atoms with van der Waals surface area (Å²) in [6, 6.07) is 6.82. The fourth-order valence-electron chi connectivity index (χ4n) is 2.39. The van der Waals surface area contributed by atoms with Gasteiger partial charge in [-0.2, -0.15) is 0 Å². The lowest BCUT2D eigenvalue weighted by Gasteiger charge is -2.37. The third-order valence-electron chi connectivity index (χ3n) is 3.84. The molecule has 5 heteroatoms. The number of nitro benzene ring substituents is 1. The number of non-ortho nitro benzene ring substituents is 1. The molecule has 1 aliphatic heterocycles. The summed E-state index contributed by atoms with van der Waals surface area (Å²) < 4.78 is 0. The van der Waals surface area contributed by atoms with Crippen molar-refractivity contribution >= 4 is 5.69 Å². The Balaban J connectivity index is 2.14. The molecule has 4 atom stereocenters. The molecule has 0 unspecified atom stereocenters. The molecule has 1 aliphatic rings. The van der Waals surface area contributed by atoms with Gasteiger partial charge < -0.3 is 10.4 Å². The molecule has 0 aromatic heterocycles. The highest BCUT2D eigenvalue weighted by Crippen LogP contribution is 2.30. The van der Waals surface area contributed by atoms with E-state index in [-0.39, 0.29) is 29.8 Å². The second kappa shape index (κ2) is 5.04. The largest absolute Gasteiger partial charge is 0.393 e. The van der Waals surface area contributed by atoms with Gasteiger partial charge in [0.25, 0.3) is 5.69 Å². The maximum Gasteiger partial charge on any atom is 0.269 e. The Hall–Kier alpha value is -1.46. The van der Waals surface area contributed by atoms with Crippen LogP contribution in [0.25, 0.3) is 0 Å². The molecule has 1 heterocycles. The summed E-state index contributed by atoms with van der Waals surface area (Å²) in [5, 5.41) is 24.0. The van der Waals surface area contributed by atoms with Crippen LogP contribution < -0.4 is 5.32 Å². The topological polar surface area (TPSA) is 75.4 Å². The van der Waals surface area contributed by atoms with Gasteiger partial charge in [0.15, 0.2) is 0 Å². The Morgan fingerprint density at radius 1 is 1.33 bits per heavy atom. The van der Waals surface area contributed by atoms with Crippen LogP contribution in [0.2, 0.25) is 0 Å². The van der Waals surface area contributed by atoms with E-state index < -0.39 is 4.92 Å². The highest BCUT2D eigenvalue weighted by Gasteiger charge is 2.31. The van der Waals surface area contributed by atoms with E-state index in [1.54, 1.807) is 12.1 Å². The quantitative estimate of drug-likeness (QED) is 0.622. The first-order valence-electron chi connectivity index (χ1n) is 6.17. The number of nitro groups is 1.